The van der Waals surface area contributed by atoms with E-state index in [1.54, 1.807) is 0 Å². The Morgan fingerprint density at radius 3 is 2.29 bits per heavy atom. The van der Waals surface area contributed by atoms with Crippen LogP contribution in [0.25, 0.3) is 0 Å². The van der Waals surface area contributed by atoms with Crippen LogP contribution in [0.4, 0.5) is 0 Å². The highest BCUT2D eigenvalue weighted by Gasteiger charge is 2.59. The molecule has 4 rings (SSSR count). The Morgan fingerprint density at radius 1 is 0.762 bits per heavy atom. The van der Waals surface area contributed by atoms with E-state index in [4.69, 9.17) is 0 Å². The Bertz CT molecular complexity index is 422. The summed E-state index contributed by atoms with van der Waals surface area (Å²) in [6.45, 7) is 4.90. The first-order valence-corrected chi connectivity index (χ1v) is 9.31. The largest absolute Gasteiger partial charge is 0.393 e. The minimum absolute atomic E-state index is 0.0400. The molecule has 0 unspecified atom stereocenters. The first-order valence-electron chi connectivity index (χ1n) is 9.31. The molecule has 0 aromatic heterocycles. The molecule has 0 aromatic rings. The maximum absolute atomic E-state index is 10.5. The van der Waals surface area contributed by atoms with Crippen molar-refractivity contribution in [2.45, 2.75) is 83.8 Å². The molecule has 0 spiro atoms. The molecule has 0 bridgehead atoms. The maximum atomic E-state index is 10.5. The fourth-order valence-electron chi connectivity index (χ4n) is 7.21. The van der Waals surface area contributed by atoms with Gasteiger partial charge < -0.3 is 10.2 Å². The molecule has 21 heavy (non-hydrogen) atoms. The zero-order chi connectivity index (χ0) is 14.8. The molecule has 4 aliphatic rings. The lowest BCUT2D eigenvalue weighted by atomic mass is 9.45. The highest BCUT2D eigenvalue weighted by molar-refractivity contribution is 5.09. The number of fused-ring (bicyclic) bond motifs is 5. The SMILES string of the molecule is C[C@]12CC[C@H](O)C[C@@H]1CC[C@H]1[C@H]2CC[C@@]2(C)[C@@H]1CC[C@@H]2O. The highest BCUT2D eigenvalue weighted by Crippen LogP contribution is 2.66. The van der Waals surface area contributed by atoms with E-state index in [-0.39, 0.29) is 17.6 Å². The van der Waals surface area contributed by atoms with Crippen LogP contribution >= 0.6 is 0 Å². The van der Waals surface area contributed by atoms with Gasteiger partial charge in [0.2, 0.25) is 0 Å². The summed E-state index contributed by atoms with van der Waals surface area (Å²) in [7, 11) is 0. The molecular formula is C19H32O2. The van der Waals surface area contributed by atoms with Gasteiger partial charge in [-0.25, -0.2) is 0 Å². The molecule has 2 heteroatoms. The number of hydrogen-bond donors (Lipinski definition) is 2. The first kappa shape index (κ1) is 14.5. The average molecular weight is 292 g/mol. The molecule has 120 valence electrons. The lowest BCUT2D eigenvalue weighted by Crippen LogP contribution is -2.54. The Balaban J connectivity index is 1.62. The van der Waals surface area contributed by atoms with Gasteiger partial charge in [-0.05, 0) is 92.3 Å². The third-order valence-electron chi connectivity index (χ3n) is 8.59. The van der Waals surface area contributed by atoms with Crippen molar-refractivity contribution >= 4 is 0 Å². The molecule has 2 N–H and O–H groups in total. The molecular weight excluding hydrogens is 260 g/mol. The van der Waals surface area contributed by atoms with Crippen LogP contribution in [0.15, 0.2) is 0 Å². The normalized spacial score (nSPS) is 60.0. The first-order chi connectivity index (χ1) is 9.95. The number of aliphatic hydroxyl groups excluding tert-OH is 2. The fraction of sp³-hybridized carbons (Fsp3) is 1.00. The Morgan fingerprint density at radius 2 is 1.48 bits per heavy atom. The summed E-state index contributed by atoms with van der Waals surface area (Å²) in [5.41, 5.74) is 0.676. The molecule has 0 saturated heterocycles. The van der Waals surface area contributed by atoms with Gasteiger partial charge in [-0.1, -0.05) is 13.8 Å². The zero-order valence-corrected chi connectivity index (χ0v) is 13.7. The molecule has 0 aromatic carbocycles. The molecule has 8 atom stereocenters. The van der Waals surface area contributed by atoms with Gasteiger partial charge in [-0.3, -0.25) is 0 Å². The molecule has 0 aliphatic heterocycles. The fourth-order valence-corrected chi connectivity index (χ4v) is 7.21. The van der Waals surface area contributed by atoms with Crippen molar-refractivity contribution < 1.29 is 10.2 Å². The van der Waals surface area contributed by atoms with Crippen LogP contribution in [0.1, 0.15) is 71.6 Å². The van der Waals surface area contributed by atoms with Crippen molar-refractivity contribution in [2.24, 2.45) is 34.5 Å². The number of aliphatic hydroxyl groups is 2. The summed E-state index contributed by atoms with van der Waals surface area (Å²) >= 11 is 0. The van der Waals surface area contributed by atoms with E-state index in [1.807, 2.05) is 0 Å². The van der Waals surface area contributed by atoms with Crippen molar-refractivity contribution in [3.8, 4) is 0 Å². The summed E-state index contributed by atoms with van der Waals surface area (Å²) in [5.74, 6) is 3.21. The van der Waals surface area contributed by atoms with Crippen molar-refractivity contribution in [3.63, 3.8) is 0 Å². The topological polar surface area (TPSA) is 40.5 Å². The molecule has 4 saturated carbocycles. The Hall–Kier alpha value is -0.0800. The monoisotopic (exact) mass is 292 g/mol. The summed E-state index contributed by atoms with van der Waals surface area (Å²) in [6.07, 6.45) is 10.7. The second-order valence-electron chi connectivity index (χ2n) is 9.22. The molecule has 4 aliphatic carbocycles. The van der Waals surface area contributed by atoms with Crippen molar-refractivity contribution in [1.29, 1.82) is 0 Å². The maximum Gasteiger partial charge on any atom is 0.0596 e. The van der Waals surface area contributed by atoms with Gasteiger partial charge in [0.05, 0.1) is 12.2 Å². The van der Waals surface area contributed by atoms with Crippen molar-refractivity contribution in [3.05, 3.63) is 0 Å². The van der Waals surface area contributed by atoms with Crippen LogP contribution in [0.5, 0.6) is 0 Å². The zero-order valence-electron chi connectivity index (χ0n) is 13.7. The van der Waals surface area contributed by atoms with Gasteiger partial charge in [0.15, 0.2) is 0 Å². The van der Waals surface area contributed by atoms with Gasteiger partial charge in [0, 0.05) is 0 Å². The average Bonchev–Trinajstić information content (AvgIpc) is 2.76. The lowest BCUT2D eigenvalue weighted by Gasteiger charge is -2.60. The van der Waals surface area contributed by atoms with Crippen molar-refractivity contribution in [1.82, 2.24) is 0 Å². The Kier molecular flexibility index (Phi) is 3.25. The highest BCUT2D eigenvalue weighted by atomic mass is 16.3. The molecule has 4 fully saturated rings. The smallest absolute Gasteiger partial charge is 0.0596 e. The minimum atomic E-state index is -0.0536. The Labute approximate surface area is 129 Å². The predicted octanol–water partition coefficient (Wildman–Crippen LogP) is 3.75. The van der Waals surface area contributed by atoms with E-state index < -0.39 is 0 Å². The molecule has 0 radical (unpaired) electrons. The quantitative estimate of drug-likeness (QED) is 0.714. The lowest BCUT2D eigenvalue weighted by molar-refractivity contribution is -0.133. The van der Waals surface area contributed by atoms with Gasteiger partial charge in [-0.2, -0.15) is 0 Å². The van der Waals surface area contributed by atoms with Gasteiger partial charge >= 0.3 is 0 Å². The minimum Gasteiger partial charge on any atom is -0.393 e. The van der Waals surface area contributed by atoms with E-state index >= 15 is 0 Å². The van der Waals surface area contributed by atoms with E-state index in [2.05, 4.69) is 13.8 Å². The summed E-state index contributed by atoms with van der Waals surface area (Å²) in [4.78, 5) is 0. The molecule has 0 amide bonds. The van der Waals surface area contributed by atoms with Crippen LogP contribution in [-0.4, -0.2) is 22.4 Å². The second-order valence-corrected chi connectivity index (χ2v) is 9.22. The predicted molar refractivity (Wildman–Crippen MR) is 83.7 cm³/mol. The number of hydrogen-bond acceptors (Lipinski definition) is 2. The van der Waals surface area contributed by atoms with Crippen LogP contribution in [0, 0.1) is 34.5 Å². The standard InChI is InChI=1S/C19H32O2/c1-18-9-7-13(20)11-12(18)3-4-14-15-5-6-17(21)19(15,2)10-8-16(14)18/h12-17,20-21H,3-11H2,1-2H3/t12-,13-,14+,15+,16+,17-,18-,19-/m0/s1. The summed E-state index contributed by atoms with van der Waals surface area (Å²) in [6, 6.07) is 0. The third-order valence-corrected chi connectivity index (χ3v) is 8.59. The summed E-state index contributed by atoms with van der Waals surface area (Å²) < 4.78 is 0. The molecule has 0 heterocycles. The van der Waals surface area contributed by atoms with Gasteiger partial charge in [0.25, 0.3) is 0 Å². The van der Waals surface area contributed by atoms with Crippen LogP contribution in [0.2, 0.25) is 0 Å². The van der Waals surface area contributed by atoms with Crippen LogP contribution in [0.3, 0.4) is 0 Å². The molecule has 2 nitrogen and oxygen atoms in total. The van der Waals surface area contributed by atoms with E-state index in [1.165, 1.54) is 38.5 Å². The van der Waals surface area contributed by atoms with E-state index in [0.29, 0.717) is 5.41 Å². The van der Waals surface area contributed by atoms with Crippen LogP contribution in [-0.2, 0) is 0 Å². The van der Waals surface area contributed by atoms with Gasteiger partial charge in [-0.15, -0.1) is 0 Å². The summed E-state index contributed by atoms with van der Waals surface area (Å²) in [5, 5.41) is 20.5. The van der Waals surface area contributed by atoms with Gasteiger partial charge in [0.1, 0.15) is 0 Å². The number of rotatable bonds is 0. The second kappa shape index (κ2) is 4.71. The van der Waals surface area contributed by atoms with Crippen LogP contribution < -0.4 is 0 Å². The van der Waals surface area contributed by atoms with Crippen molar-refractivity contribution in [2.75, 3.05) is 0 Å². The van der Waals surface area contributed by atoms with E-state index in [9.17, 15) is 10.2 Å². The third kappa shape index (κ3) is 1.91. The van der Waals surface area contributed by atoms with E-state index in [0.717, 1.165) is 42.9 Å².